The van der Waals surface area contributed by atoms with Crippen LogP contribution in [0, 0.1) is 12.8 Å². The van der Waals surface area contributed by atoms with E-state index in [2.05, 4.69) is 55.3 Å². The molecular weight excluding hydrogens is 348 g/mol. The van der Waals surface area contributed by atoms with Crippen LogP contribution in [0.25, 0.3) is 11.3 Å². The number of aryl methyl sites for hydroxylation is 1. The van der Waals surface area contributed by atoms with Crippen molar-refractivity contribution >= 4 is 28.3 Å². The van der Waals surface area contributed by atoms with E-state index in [0.29, 0.717) is 5.13 Å². The number of hydrogen-bond donors (Lipinski definition) is 2. The van der Waals surface area contributed by atoms with Gasteiger partial charge in [-0.2, -0.15) is 0 Å². The fraction of sp³-hybridized carbons (Fsp3) is 0.450. The number of nitrogens with zero attached hydrogens (tertiary/aromatic N) is 1. The number of carbonyl (C=O) groups excluding carboxylic acids is 1. The molecule has 140 valence electrons. The predicted octanol–water partition coefficient (Wildman–Crippen LogP) is 4.86. The van der Waals surface area contributed by atoms with Crippen molar-refractivity contribution in [1.29, 1.82) is 0 Å². The Kier molecular flexibility index (Phi) is 6.18. The summed E-state index contributed by atoms with van der Waals surface area (Å²) < 4.78 is 0. The lowest BCUT2D eigenvalue weighted by Crippen LogP contribution is -2.16. The number of nitrogens with one attached hydrogen (secondary N) is 1. The van der Waals surface area contributed by atoms with Crippen LogP contribution in [0.5, 0.6) is 0 Å². The number of amides is 1. The number of carboxylic acid groups (broad SMARTS) is 1. The molecule has 0 aliphatic rings. The fourth-order valence-corrected chi connectivity index (χ4v) is 3.55. The van der Waals surface area contributed by atoms with Crippen LogP contribution in [-0.4, -0.2) is 22.0 Å². The summed E-state index contributed by atoms with van der Waals surface area (Å²) in [4.78, 5) is 28.4. The molecule has 1 heterocycles. The second-order valence-corrected chi connectivity index (χ2v) is 8.91. The highest BCUT2D eigenvalue weighted by atomic mass is 32.1. The molecule has 0 spiro atoms. The lowest BCUT2D eigenvalue weighted by molar-refractivity contribution is -0.138. The van der Waals surface area contributed by atoms with E-state index in [1.54, 1.807) is 6.92 Å². The van der Waals surface area contributed by atoms with Crippen molar-refractivity contribution in [1.82, 2.24) is 4.98 Å². The molecule has 2 rings (SSSR count). The van der Waals surface area contributed by atoms with E-state index in [1.165, 1.54) is 16.9 Å². The highest BCUT2D eigenvalue weighted by Gasteiger charge is 2.17. The lowest BCUT2D eigenvalue weighted by atomic mass is 9.86. The summed E-state index contributed by atoms with van der Waals surface area (Å²) in [6, 6.07) is 8.34. The van der Waals surface area contributed by atoms with Gasteiger partial charge in [-0.3, -0.25) is 9.59 Å². The summed E-state index contributed by atoms with van der Waals surface area (Å²) in [7, 11) is 0. The number of thiazole rings is 1. The first-order chi connectivity index (χ1) is 12.1. The van der Waals surface area contributed by atoms with Crippen LogP contribution in [-0.2, 0) is 15.0 Å². The molecule has 1 unspecified atom stereocenters. The molecule has 1 amide bonds. The van der Waals surface area contributed by atoms with Crippen molar-refractivity contribution in [2.75, 3.05) is 5.32 Å². The highest BCUT2D eigenvalue weighted by Crippen LogP contribution is 2.32. The maximum Gasteiger partial charge on any atom is 0.303 e. The third-order valence-corrected chi connectivity index (χ3v) is 5.01. The number of aromatic nitrogens is 1. The van der Waals surface area contributed by atoms with Crippen molar-refractivity contribution in [2.45, 2.75) is 52.9 Å². The van der Waals surface area contributed by atoms with Crippen molar-refractivity contribution in [3.05, 3.63) is 34.7 Å². The zero-order valence-electron chi connectivity index (χ0n) is 15.9. The van der Waals surface area contributed by atoms with Crippen LogP contribution in [0.1, 0.15) is 51.0 Å². The molecule has 1 aromatic carbocycles. The normalized spacial score (nSPS) is 12.7. The maximum atomic E-state index is 12.1. The summed E-state index contributed by atoms with van der Waals surface area (Å²) in [6.07, 6.45) is 0.149. The van der Waals surface area contributed by atoms with E-state index < -0.39 is 5.97 Å². The minimum Gasteiger partial charge on any atom is -0.481 e. The summed E-state index contributed by atoms with van der Waals surface area (Å²) >= 11 is 1.43. The molecule has 0 radical (unpaired) electrons. The molecule has 0 saturated carbocycles. The van der Waals surface area contributed by atoms with Gasteiger partial charge in [0.1, 0.15) is 0 Å². The monoisotopic (exact) mass is 374 g/mol. The number of aliphatic carboxylic acids is 1. The number of benzene rings is 1. The van der Waals surface area contributed by atoms with Crippen molar-refractivity contribution in [3.63, 3.8) is 0 Å². The first kappa shape index (κ1) is 20.1. The average Bonchev–Trinajstić information content (AvgIpc) is 2.85. The van der Waals surface area contributed by atoms with Crippen molar-refractivity contribution < 1.29 is 14.7 Å². The Morgan fingerprint density at radius 3 is 2.35 bits per heavy atom. The third-order valence-electron chi connectivity index (χ3n) is 4.12. The van der Waals surface area contributed by atoms with E-state index in [4.69, 9.17) is 5.11 Å². The Hall–Kier alpha value is -2.21. The highest BCUT2D eigenvalue weighted by molar-refractivity contribution is 7.16. The zero-order chi connectivity index (χ0) is 19.5. The minimum absolute atomic E-state index is 0.0182. The smallest absolute Gasteiger partial charge is 0.303 e. The Bertz CT molecular complexity index is 788. The Labute approximate surface area is 158 Å². The largest absolute Gasteiger partial charge is 0.481 e. The molecule has 5 nitrogen and oxygen atoms in total. The van der Waals surface area contributed by atoms with E-state index in [1.807, 2.05) is 6.92 Å². The molecule has 0 bridgehead atoms. The topological polar surface area (TPSA) is 79.3 Å². The van der Waals surface area contributed by atoms with Crippen LogP contribution in [0.3, 0.4) is 0 Å². The average molecular weight is 375 g/mol. The molecule has 0 aliphatic heterocycles. The number of carbonyl (C=O) groups is 2. The quantitative estimate of drug-likeness (QED) is 0.757. The maximum absolute atomic E-state index is 12.1. The summed E-state index contributed by atoms with van der Waals surface area (Å²) in [5, 5.41) is 12.1. The van der Waals surface area contributed by atoms with Crippen LogP contribution >= 0.6 is 11.3 Å². The van der Waals surface area contributed by atoms with Gasteiger partial charge in [0.2, 0.25) is 5.91 Å². The molecule has 6 heteroatoms. The summed E-state index contributed by atoms with van der Waals surface area (Å²) in [5.41, 5.74) is 3.24. The first-order valence-corrected chi connectivity index (χ1v) is 9.48. The van der Waals surface area contributed by atoms with Gasteiger partial charge < -0.3 is 10.4 Å². The van der Waals surface area contributed by atoms with Crippen LogP contribution in [0.2, 0.25) is 0 Å². The number of rotatable bonds is 6. The molecule has 0 aliphatic carbocycles. The first-order valence-electron chi connectivity index (χ1n) is 8.66. The molecule has 1 atom stereocenters. The van der Waals surface area contributed by atoms with Gasteiger partial charge in [-0.25, -0.2) is 4.98 Å². The molecule has 2 N–H and O–H groups in total. The second-order valence-electron chi connectivity index (χ2n) is 7.71. The van der Waals surface area contributed by atoms with Crippen molar-refractivity contribution in [3.8, 4) is 11.3 Å². The van der Waals surface area contributed by atoms with E-state index in [0.717, 1.165) is 16.1 Å². The predicted molar refractivity (Wildman–Crippen MR) is 106 cm³/mol. The van der Waals surface area contributed by atoms with E-state index in [9.17, 15) is 9.59 Å². The Morgan fingerprint density at radius 2 is 1.81 bits per heavy atom. The zero-order valence-corrected chi connectivity index (χ0v) is 16.7. The molecule has 26 heavy (non-hydrogen) atoms. The van der Waals surface area contributed by atoms with Gasteiger partial charge in [0, 0.05) is 23.3 Å². The Balaban J connectivity index is 2.09. The van der Waals surface area contributed by atoms with E-state index in [-0.39, 0.29) is 30.1 Å². The van der Waals surface area contributed by atoms with Crippen molar-refractivity contribution in [2.24, 2.45) is 5.92 Å². The molecular formula is C20H26N2O3S. The molecule has 1 aromatic heterocycles. The third kappa shape index (κ3) is 5.39. The van der Waals surface area contributed by atoms with Crippen LogP contribution in [0.15, 0.2) is 24.3 Å². The van der Waals surface area contributed by atoms with Gasteiger partial charge in [0.05, 0.1) is 5.69 Å². The number of carboxylic acids is 1. The van der Waals surface area contributed by atoms with Crippen LogP contribution in [0.4, 0.5) is 5.13 Å². The molecule has 0 fully saturated rings. The Morgan fingerprint density at radius 1 is 1.19 bits per heavy atom. The molecule has 0 saturated heterocycles. The van der Waals surface area contributed by atoms with Gasteiger partial charge in [-0.1, -0.05) is 52.0 Å². The van der Waals surface area contributed by atoms with Gasteiger partial charge in [0.25, 0.3) is 0 Å². The fourth-order valence-electron chi connectivity index (χ4n) is 2.70. The van der Waals surface area contributed by atoms with E-state index >= 15 is 0 Å². The van der Waals surface area contributed by atoms with Gasteiger partial charge >= 0.3 is 5.97 Å². The number of hydrogen-bond acceptors (Lipinski definition) is 4. The lowest BCUT2D eigenvalue weighted by Gasteiger charge is -2.19. The summed E-state index contributed by atoms with van der Waals surface area (Å²) in [5.74, 6) is -1.31. The van der Waals surface area contributed by atoms with Gasteiger partial charge in [0.15, 0.2) is 5.13 Å². The SMILES string of the molecule is Cc1sc(NC(=O)CC(C)CC(=O)O)nc1-c1ccc(C(C)(C)C)cc1. The summed E-state index contributed by atoms with van der Waals surface area (Å²) in [6.45, 7) is 10.3. The van der Waals surface area contributed by atoms with Gasteiger partial charge in [-0.05, 0) is 23.8 Å². The van der Waals surface area contributed by atoms with Crippen LogP contribution < -0.4 is 5.32 Å². The number of anilines is 1. The molecule has 2 aromatic rings. The van der Waals surface area contributed by atoms with Gasteiger partial charge in [-0.15, -0.1) is 11.3 Å². The minimum atomic E-state index is -0.892. The second kappa shape index (κ2) is 7.99. The standard InChI is InChI=1S/C20H26N2O3S/c1-12(11-17(24)25)10-16(23)21-19-22-18(13(2)26-19)14-6-8-15(9-7-14)20(3,4)5/h6-9,12H,10-11H2,1-5H3,(H,24,25)(H,21,22,23).